The SMILES string of the molecule is CCN=C(Br)C(=CN)C(=O)C(=Nc1ccc(F)cc1C(C)O)C(F)=CN. The first-order chi connectivity index (χ1) is 12.3. The highest BCUT2D eigenvalue weighted by Gasteiger charge is 2.24. The maximum atomic E-state index is 14.2. The second kappa shape index (κ2) is 9.93. The Morgan fingerprint density at radius 3 is 2.54 bits per heavy atom. The molecule has 0 fully saturated rings. The van der Waals surface area contributed by atoms with E-state index < -0.39 is 29.2 Å². The molecule has 26 heavy (non-hydrogen) atoms. The Morgan fingerprint density at radius 1 is 1.38 bits per heavy atom. The number of ketones is 1. The molecule has 140 valence electrons. The molecule has 0 radical (unpaired) electrons. The summed E-state index contributed by atoms with van der Waals surface area (Å²) in [5, 5.41) is 9.78. The van der Waals surface area contributed by atoms with Gasteiger partial charge in [0.15, 0.2) is 5.83 Å². The Morgan fingerprint density at radius 2 is 2.04 bits per heavy atom. The van der Waals surface area contributed by atoms with Gasteiger partial charge in [0.25, 0.3) is 0 Å². The first-order valence-corrected chi connectivity index (χ1v) is 8.36. The zero-order valence-corrected chi connectivity index (χ0v) is 15.8. The van der Waals surface area contributed by atoms with Crippen molar-refractivity contribution >= 4 is 37.7 Å². The molecule has 5 N–H and O–H groups in total. The van der Waals surface area contributed by atoms with Crippen LogP contribution in [0.3, 0.4) is 0 Å². The average molecular weight is 429 g/mol. The van der Waals surface area contributed by atoms with Crippen molar-refractivity contribution in [3.63, 3.8) is 0 Å². The molecular formula is C17H19BrF2N4O2. The zero-order chi connectivity index (χ0) is 19.9. The van der Waals surface area contributed by atoms with E-state index in [1.54, 1.807) is 6.92 Å². The van der Waals surface area contributed by atoms with E-state index in [2.05, 4.69) is 25.9 Å². The molecule has 1 atom stereocenters. The van der Waals surface area contributed by atoms with E-state index in [4.69, 9.17) is 11.5 Å². The minimum atomic E-state index is -1.10. The lowest BCUT2D eigenvalue weighted by Crippen LogP contribution is -2.22. The second-order valence-electron chi connectivity index (χ2n) is 5.03. The number of halogens is 3. The number of hydrogen-bond acceptors (Lipinski definition) is 6. The van der Waals surface area contributed by atoms with Crippen LogP contribution in [0.15, 0.2) is 52.0 Å². The van der Waals surface area contributed by atoms with Crippen molar-refractivity contribution in [1.82, 2.24) is 0 Å². The van der Waals surface area contributed by atoms with Gasteiger partial charge in [-0.1, -0.05) is 0 Å². The standard InChI is InChI=1S/C17H19BrF2N4O2/c1-3-23-17(18)12(7-21)16(26)15(13(20)8-22)24-14-5-4-10(19)6-11(14)9(2)25/h4-9,25H,3,21-22H2,1-2H3. The lowest BCUT2D eigenvalue weighted by Gasteiger charge is -2.11. The lowest BCUT2D eigenvalue weighted by molar-refractivity contribution is -0.109. The first kappa shape index (κ1) is 21.7. The van der Waals surface area contributed by atoms with E-state index in [-0.39, 0.29) is 21.4 Å². The molecule has 0 aliphatic rings. The van der Waals surface area contributed by atoms with Gasteiger partial charge in [-0.05, 0) is 48.0 Å². The number of aliphatic imine (C=N–C) groups is 2. The van der Waals surface area contributed by atoms with Crippen molar-refractivity contribution in [2.75, 3.05) is 6.54 Å². The highest BCUT2D eigenvalue weighted by molar-refractivity contribution is 9.18. The number of Topliss-reactive ketones (excluding diaryl/α,β-unsaturated/α-hetero) is 1. The van der Waals surface area contributed by atoms with E-state index in [1.165, 1.54) is 13.0 Å². The number of hydrogen-bond donors (Lipinski definition) is 3. The van der Waals surface area contributed by atoms with Crippen molar-refractivity contribution in [2.45, 2.75) is 20.0 Å². The van der Waals surface area contributed by atoms with E-state index in [9.17, 15) is 18.7 Å². The van der Waals surface area contributed by atoms with Crippen LogP contribution >= 0.6 is 15.9 Å². The van der Waals surface area contributed by atoms with Gasteiger partial charge >= 0.3 is 0 Å². The average Bonchev–Trinajstić information content (AvgIpc) is 2.60. The number of nitrogens with two attached hydrogens (primary N) is 2. The molecule has 0 aliphatic carbocycles. The third-order valence-corrected chi connectivity index (χ3v) is 3.87. The van der Waals surface area contributed by atoms with Crippen LogP contribution in [-0.4, -0.2) is 27.8 Å². The van der Waals surface area contributed by atoms with Gasteiger partial charge in [0, 0.05) is 24.5 Å². The van der Waals surface area contributed by atoms with Crippen molar-refractivity contribution in [2.24, 2.45) is 21.5 Å². The zero-order valence-electron chi connectivity index (χ0n) is 14.2. The molecule has 0 amide bonds. The summed E-state index contributed by atoms with van der Waals surface area (Å²) < 4.78 is 27.8. The van der Waals surface area contributed by atoms with E-state index >= 15 is 0 Å². The van der Waals surface area contributed by atoms with Gasteiger partial charge in [-0.2, -0.15) is 0 Å². The van der Waals surface area contributed by atoms with Gasteiger partial charge in [-0.3, -0.25) is 9.79 Å². The number of aliphatic hydroxyl groups excluding tert-OH is 1. The normalized spacial score (nSPS) is 15.2. The van der Waals surface area contributed by atoms with Crippen molar-refractivity contribution in [1.29, 1.82) is 0 Å². The topological polar surface area (TPSA) is 114 Å². The lowest BCUT2D eigenvalue weighted by atomic mass is 10.1. The van der Waals surface area contributed by atoms with Crippen molar-refractivity contribution in [3.8, 4) is 0 Å². The number of allylic oxidation sites excluding steroid dienone is 2. The van der Waals surface area contributed by atoms with Gasteiger partial charge in [0.2, 0.25) is 5.78 Å². The number of nitrogens with zero attached hydrogens (tertiary/aromatic N) is 2. The molecule has 0 spiro atoms. The minimum Gasteiger partial charge on any atom is -0.404 e. The third kappa shape index (κ3) is 5.30. The van der Waals surface area contributed by atoms with Gasteiger partial charge in [-0.25, -0.2) is 13.8 Å². The van der Waals surface area contributed by atoms with Gasteiger partial charge in [0.1, 0.15) is 16.1 Å². The molecule has 0 saturated carbocycles. The maximum Gasteiger partial charge on any atom is 0.218 e. The molecule has 0 heterocycles. The number of rotatable bonds is 7. The molecule has 0 aromatic heterocycles. The van der Waals surface area contributed by atoms with Crippen molar-refractivity contribution in [3.05, 3.63) is 53.4 Å². The molecule has 0 aliphatic heterocycles. The van der Waals surface area contributed by atoms with Crippen LogP contribution in [0, 0.1) is 5.82 Å². The monoisotopic (exact) mass is 428 g/mol. The van der Waals surface area contributed by atoms with E-state index in [0.29, 0.717) is 12.7 Å². The van der Waals surface area contributed by atoms with Crippen LogP contribution < -0.4 is 11.5 Å². The van der Waals surface area contributed by atoms with Crippen LogP contribution in [0.5, 0.6) is 0 Å². The third-order valence-electron chi connectivity index (χ3n) is 3.19. The maximum absolute atomic E-state index is 14.2. The molecule has 9 heteroatoms. The molecule has 1 aromatic rings. The molecular weight excluding hydrogens is 410 g/mol. The molecule has 1 rings (SSSR count). The predicted octanol–water partition coefficient (Wildman–Crippen LogP) is 2.95. The van der Waals surface area contributed by atoms with E-state index in [1.807, 2.05) is 0 Å². The molecule has 0 saturated heterocycles. The summed E-state index contributed by atoms with van der Waals surface area (Å²) in [6, 6.07) is 3.34. The van der Waals surface area contributed by atoms with Gasteiger partial charge < -0.3 is 16.6 Å². The summed E-state index contributed by atoms with van der Waals surface area (Å²) in [6.07, 6.45) is 0.440. The van der Waals surface area contributed by atoms with Crippen LogP contribution in [-0.2, 0) is 4.79 Å². The molecule has 6 nitrogen and oxygen atoms in total. The molecule has 1 unspecified atom stereocenters. The molecule has 0 bridgehead atoms. The Balaban J connectivity index is 3.56. The van der Waals surface area contributed by atoms with Gasteiger partial charge in [0.05, 0.1) is 17.4 Å². The van der Waals surface area contributed by atoms with E-state index in [0.717, 1.165) is 18.3 Å². The highest BCUT2D eigenvalue weighted by Crippen LogP contribution is 2.28. The van der Waals surface area contributed by atoms with Crippen LogP contribution in [0.25, 0.3) is 0 Å². The van der Waals surface area contributed by atoms with Crippen LogP contribution in [0.4, 0.5) is 14.5 Å². The largest absolute Gasteiger partial charge is 0.404 e. The number of carbonyl (C=O) groups excluding carboxylic acids is 1. The summed E-state index contributed by atoms with van der Waals surface area (Å²) in [4.78, 5) is 20.6. The highest BCUT2D eigenvalue weighted by atomic mass is 79.9. The second-order valence-corrected chi connectivity index (χ2v) is 5.78. The van der Waals surface area contributed by atoms with Crippen LogP contribution in [0.2, 0.25) is 0 Å². The van der Waals surface area contributed by atoms with Crippen LogP contribution in [0.1, 0.15) is 25.5 Å². The van der Waals surface area contributed by atoms with Crippen molar-refractivity contribution < 1.29 is 18.7 Å². The van der Waals surface area contributed by atoms with Gasteiger partial charge in [-0.15, -0.1) is 0 Å². The summed E-state index contributed by atoms with van der Waals surface area (Å²) >= 11 is 3.10. The number of carbonyl (C=O) groups is 1. The first-order valence-electron chi connectivity index (χ1n) is 7.57. The molecule has 1 aromatic carbocycles. The number of aliphatic hydroxyl groups is 1. The number of benzene rings is 1. The Hall–Kier alpha value is -2.39. The Kier molecular flexibility index (Phi) is 8.27. The quantitative estimate of drug-likeness (QED) is 0.457. The fourth-order valence-electron chi connectivity index (χ4n) is 1.96. The summed E-state index contributed by atoms with van der Waals surface area (Å²) in [6.45, 7) is 3.49. The Labute approximate surface area is 158 Å². The predicted molar refractivity (Wildman–Crippen MR) is 102 cm³/mol. The summed E-state index contributed by atoms with van der Waals surface area (Å²) in [5.74, 6) is -2.59. The Bertz CT molecular complexity index is 802. The smallest absolute Gasteiger partial charge is 0.218 e. The minimum absolute atomic E-state index is 0.0154. The fraction of sp³-hybridized carbons (Fsp3) is 0.235. The fourth-order valence-corrected chi connectivity index (χ4v) is 2.53. The summed E-state index contributed by atoms with van der Waals surface area (Å²) in [5.41, 5.74) is 9.98. The summed E-state index contributed by atoms with van der Waals surface area (Å²) in [7, 11) is 0.